The molecule has 0 radical (unpaired) electrons. The van der Waals surface area contributed by atoms with E-state index in [-0.39, 0.29) is 0 Å². The first-order chi connectivity index (χ1) is 10.3. The van der Waals surface area contributed by atoms with Gasteiger partial charge in [0.25, 0.3) is 0 Å². The van der Waals surface area contributed by atoms with Crippen LogP contribution in [0, 0.1) is 0 Å². The lowest BCUT2D eigenvalue weighted by molar-refractivity contribution is 0.306. The summed E-state index contributed by atoms with van der Waals surface area (Å²) in [7, 11) is 2.01. The molecule has 0 saturated carbocycles. The van der Waals surface area contributed by atoms with Gasteiger partial charge in [0, 0.05) is 26.0 Å². The Morgan fingerprint density at radius 2 is 1.95 bits per heavy atom. The van der Waals surface area contributed by atoms with Crippen LogP contribution in [0.4, 0.5) is 0 Å². The topological polar surface area (TPSA) is 39.1 Å². The van der Waals surface area contributed by atoms with E-state index < -0.39 is 0 Å². The summed E-state index contributed by atoms with van der Waals surface area (Å²) in [6.07, 6.45) is 7.37. The molecular weight excluding hydrogens is 262 g/mol. The summed E-state index contributed by atoms with van der Waals surface area (Å²) in [5.74, 6) is 2.00. The first-order valence-corrected chi connectivity index (χ1v) is 7.68. The smallest absolute Gasteiger partial charge is 0.122 e. The third-order valence-electron chi connectivity index (χ3n) is 3.47. The molecule has 0 saturated heterocycles. The Morgan fingerprint density at radius 3 is 2.62 bits per heavy atom. The van der Waals surface area contributed by atoms with Crippen molar-refractivity contribution in [3.05, 3.63) is 48.0 Å². The van der Waals surface area contributed by atoms with Crippen LogP contribution in [-0.2, 0) is 20.1 Å². The predicted molar refractivity (Wildman–Crippen MR) is 85.2 cm³/mol. The maximum absolute atomic E-state index is 5.71. The molecule has 2 rings (SSSR count). The lowest BCUT2D eigenvalue weighted by Gasteiger charge is -2.08. The standard InChI is InChI=1S/C17H25N3O/c1-3-4-5-12-21-16-8-6-15(7-9-16)13-18-14-17-19-10-11-20(17)2/h6-11,18H,3-5,12-14H2,1-2H3. The van der Waals surface area contributed by atoms with E-state index in [4.69, 9.17) is 4.74 Å². The van der Waals surface area contributed by atoms with Crippen LogP contribution in [0.5, 0.6) is 5.75 Å². The summed E-state index contributed by atoms with van der Waals surface area (Å²) in [5.41, 5.74) is 1.25. The number of ether oxygens (including phenoxy) is 1. The third-order valence-corrected chi connectivity index (χ3v) is 3.47. The average molecular weight is 287 g/mol. The van der Waals surface area contributed by atoms with E-state index in [1.807, 2.05) is 36.1 Å². The van der Waals surface area contributed by atoms with Crippen LogP contribution < -0.4 is 10.1 Å². The van der Waals surface area contributed by atoms with Crippen molar-refractivity contribution >= 4 is 0 Å². The zero-order valence-electron chi connectivity index (χ0n) is 13.0. The van der Waals surface area contributed by atoms with E-state index in [0.717, 1.165) is 37.7 Å². The second-order valence-electron chi connectivity index (χ2n) is 5.26. The van der Waals surface area contributed by atoms with E-state index in [0.29, 0.717) is 0 Å². The molecule has 0 aliphatic rings. The number of aryl methyl sites for hydroxylation is 1. The molecule has 0 aliphatic carbocycles. The number of nitrogens with zero attached hydrogens (tertiary/aromatic N) is 2. The summed E-state index contributed by atoms with van der Waals surface area (Å²) in [6.45, 7) is 4.62. The van der Waals surface area contributed by atoms with Gasteiger partial charge in [0.2, 0.25) is 0 Å². The molecule has 0 fully saturated rings. The second-order valence-corrected chi connectivity index (χ2v) is 5.26. The number of hydrogen-bond acceptors (Lipinski definition) is 3. The SMILES string of the molecule is CCCCCOc1ccc(CNCc2nccn2C)cc1. The van der Waals surface area contributed by atoms with Crippen molar-refractivity contribution in [2.75, 3.05) is 6.61 Å². The monoisotopic (exact) mass is 287 g/mol. The minimum Gasteiger partial charge on any atom is -0.494 e. The number of hydrogen-bond donors (Lipinski definition) is 1. The van der Waals surface area contributed by atoms with Gasteiger partial charge >= 0.3 is 0 Å². The van der Waals surface area contributed by atoms with Crippen molar-refractivity contribution < 1.29 is 4.74 Å². The Morgan fingerprint density at radius 1 is 1.14 bits per heavy atom. The van der Waals surface area contributed by atoms with Gasteiger partial charge in [-0.15, -0.1) is 0 Å². The van der Waals surface area contributed by atoms with E-state index in [2.05, 4.69) is 29.4 Å². The Labute approximate surface area is 127 Å². The van der Waals surface area contributed by atoms with Gasteiger partial charge in [0.15, 0.2) is 0 Å². The zero-order valence-corrected chi connectivity index (χ0v) is 13.0. The maximum atomic E-state index is 5.71. The largest absolute Gasteiger partial charge is 0.494 e. The van der Waals surface area contributed by atoms with Crippen molar-refractivity contribution in [3.8, 4) is 5.75 Å². The van der Waals surface area contributed by atoms with E-state index in [1.165, 1.54) is 18.4 Å². The third kappa shape index (κ3) is 5.23. The minimum atomic E-state index is 0.777. The molecule has 2 aromatic rings. The normalized spacial score (nSPS) is 10.8. The Kier molecular flexibility index (Phi) is 6.28. The van der Waals surface area contributed by atoms with Gasteiger partial charge in [-0.2, -0.15) is 0 Å². The molecule has 0 bridgehead atoms. The Bertz CT molecular complexity index is 519. The van der Waals surface area contributed by atoms with Crippen molar-refractivity contribution in [2.45, 2.75) is 39.3 Å². The molecular formula is C17H25N3O. The molecule has 1 aromatic carbocycles. The zero-order chi connectivity index (χ0) is 14.9. The van der Waals surface area contributed by atoms with Crippen LogP contribution in [-0.4, -0.2) is 16.2 Å². The van der Waals surface area contributed by atoms with Crippen molar-refractivity contribution in [2.24, 2.45) is 7.05 Å². The highest BCUT2D eigenvalue weighted by atomic mass is 16.5. The van der Waals surface area contributed by atoms with Crippen LogP contribution in [0.1, 0.15) is 37.6 Å². The van der Waals surface area contributed by atoms with Crippen LogP contribution in [0.3, 0.4) is 0 Å². The van der Waals surface area contributed by atoms with Crippen LogP contribution in [0.25, 0.3) is 0 Å². The Hall–Kier alpha value is -1.81. The molecule has 0 spiro atoms. The van der Waals surface area contributed by atoms with Crippen molar-refractivity contribution in [3.63, 3.8) is 0 Å². The summed E-state index contributed by atoms with van der Waals surface area (Å²) in [4.78, 5) is 4.29. The van der Waals surface area contributed by atoms with Gasteiger partial charge in [-0.25, -0.2) is 4.98 Å². The maximum Gasteiger partial charge on any atom is 0.122 e. The quantitative estimate of drug-likeness (QED) is 0.719. The molecule has 1 aromatic heterocycles. The van der Waals surface area contributed by atoms with Crippen molar-refractivity contribution in [1.82, 2.24) is 14.9 Å². The number of rotatable bonds is 9. The predicted octanol–water partition coefficient (Wildman–Crippen LogP) is 3.28. The molecule has 1 N–H and O–H groups in total. The van der Waals surface area contributed by atoms with E-state index >= 15 is 0 Å². The van der Waals surface area contributed by atoms with E-state index in [1.54, 1.807) is 0 Å². The summed E-state index contributed by atoms with van der Waals surface area (Å²) >= 11 is 0. The number of unbranched alkanes of at least 4 members (excludes halogenated alkanes) is 2. The van der Waals surface area contributed by atoms with Gasteiger partial charge in [0.05, 0.1) is 13.2 Å². The molecule has 21 heavy (non-hydrogen) atoms. The molecule has 1 heterocycles. The fourth-order valence-electron chi connectivity index (χ4n) is 2.13. The number of aromatic nitrogens is 2. The van der Waals surface area contributed by atoms with Gasteiger partial charge in [-0.05, 0) is 24.1 Å². The number of nitrogens with one attached hydrogen (secondary N) is 1. The summed E-state index contributed by atoms with van der Waals surface area (Å²) in [5, 5.41) is 3.40. The molecule has 4 nitrogen and oxygen atoms in total. The number of benzene rings is 1. The molecule has 0 atom stereocenters. The van der Waals surface area contributed by atoms with Gasteiger partial charge in [-0.1, -0.05) is 31.9 Å². The first kappa shape index (κ1) is 15.6. The average Bonchev–Trinajstić information content (AvgIpc) is 2.91. The Balaban J connectivity index is 1.71. The second kappa shape index (κ2) is 8.47. The molecule has 4 heteroatoms. The number of imidazole rings is 1. The molecule has 114 valence electrons. The van der Waals surface area contributed by atoms with Crippen LogP contribution >= 0.6 is 0 Å². The lowest BCUT2D eigenvalue weighted by Crippen LogP contribution is -2.15. The fraction of sp³-hybridized carbons (Fsp3) is 0.471. The summed E-state index contributed by atoms with van der Waals surface area (Å²) in [6, 6.07) is 8.31. The van der Waals surface area contributed by atoms with Gasteiger partial charge in [0.1, 0.15) is 11.6 Å². The highest BCUT2D eigenvalue weighted by Crippen LogP contribution is 2.13. The molecule has 0 amide bonds. The summed E-state index contributed by atoms with van der Waals surface area (Å²) < 4.78 is 7.74. The minimum absolute atomic E-state index is 0.777. The highest BCUT2D eigenvalue weighted by molar-refractivity contribution is 5.27. The van der Waals surface area contributed by atoms with E-state index in [9.17, 15) is 0 Å². The fourth-order valence-corrected chi connectivity index (χ4v) is 2.13. The molecule has 0 unspecified atom stereocenters. The highest BCUT2D eigenvalue weighted by Gasteiger charge is 1.99. The van der Waals surface area contributed by atoms with Crippen LogP contribution in [0.15, 0.2) is 36.7 Å². The van der Waals surface area contributed by atoms with Crippen LogP contribution in [0.2, 0.25) is 0 Å². The van der Waals surface area contributed by atoms with Crippen molar-refractivity contribution in [1.29, 1.82) is 0 Å². The molecule has 0 aliphatic heterocycles. The van der Waals surface area contributed by atoms with Gasteiger partial charge < -0.3 is 14.6 Å². The lowest BCUT2D eigenvalue weighted by atomic mass is 10.2. The first-order valence-electron chi connectivity index (χ1n) is 7.68. The van der Waals surface area contributed by atoms with Gasteiger partial charge in [-0.3, -0.25) is 0 Å².